The molecule has 0 spiro atoms. The van der Waals surface area contributed by atoms with Crippen molar-refractivity contribution in [2.45, 2.75) is 20.0 Å². The number of hydrogen-bond acceptors (Lipinski definition) is 5. The number of nitrogens with zero attached hydrogens (tertiary/aromatic N) is 4. The molecule has 0 aliphatic carbocycles. The maximum absolute atomic E-state index is 5.37. The van der Waals surface area contributed by atoms with Crippen LogP contribution < -0.4 is 15.4 Å². The molecule has 0 unspecified atom stereocenters. The molecular weight excluding hydrogens is 320 g/mol. The third-order valence-electron chi connectivity index (χ3n) is 3.80. The standard InChI is InChI=1S/C17H26N6O2/c1-13-21-22-16(23(13)2)12-20-17(18-9-10-24-3)19-11-14-7-5-6-8-15(14)25-4/h5-8H,9-12H2,1-4H3,(H2,18,19,20). The van der Waals surface area contributed by atoms with E-state index >= 15 is 0 Å². The van der Waals surface area contributed by atoms with Crippen LogP contribution >= 0.6 is 0 Å². The van der Waals surface area contributed by atoms with Gasteiger partial charge < -0.3 is 24.7 Å². The Morgan fingerprint density at radius 3 is 2.68 bits per heavy atom. The van der Waals surface area contributed by atoms with Crippen molar-refractivity contribution >= 4 is 5.96 Å². The van der Waals surface area contributed by atoms with E-state index < -0.39 is 0 Å². The van der Waals surface area contributed by atoms with E-state index in [0.29, 0.717) is 32.2 Å². The predicted octanol–water partition coefficient (Wildman–Crippen LogP) is 1.01. The molecule has 0 bridgehead atoms. The topological polar surface area (TPSA) is 85.6 Å². The number of hydrogen-bond donors (Lipinski definition) is 2. The van der Waals surface area contributed by atoms with Gasteiger partial charge in [-0.2, -0.15) is 0 Å². The fourth-order valence-corrected chi connectivity index (χ4v) is 2.21. The van der Waals surface area contributed by atoms with Crippen LogP contribution in [0.5, 0.6) is 5.75 Å². The smallest absolute Gasteiger partial charge is 0.192 e. The second kappa shape index (κ2) is 9.63. The Morgan fingerprint density at radius 1 is 1.20 bits per heavy atom. The number of methoxy groups -OCH3 is 2. The molecule has 1 aromatic carbocycles. The first-order valence-electron chi connectivity index (χ1n) is 8.13. The van der Waals surface area contributed by atoms with E-state index in [2.05, 4.69) is 25.8 Å². The molecule has 136 valence electrons. The van der Waals surface area contributed by atoms with Gasteiger partial charge in [-0.25, -0.2) is 4.99 Å². The Morgan fingerprint density at radius 2 is 2.00 bits per heavy atom. The molecule has 0 fully saturated rings. The Labute approximate surface area is 148 Å². The van der Waals surface area contributed by atoms with E-state index in [0.717, 1.165) is 23.0 Å². The lowest BCUT2D eigenvalue weighted by atomic mass is 10.2. The zero-order valence-electron chi connectivity index (χ0n) is 15.2. The zero-order valence-corrected chi connectivity index (χ0v) is 15.2. The summed E-state index contributed by atoms with van der Waals surface area (Å²) in [5.41, 5.74) is 1.02. The summed E-state index contributed by atoms with van der Waals surface area (Å²) in [5, 5.41) is 14.7. The number of aliphatic imine (C=N–C) groups is 1. The number of guanidine groups is 1. The molecule has 1 aromatic heterocycles. The molecule has 25 heavy (non-hydrogen) atoms. The normalized spacial score (nSPS) is 11.4. The van der Waals surface area contributed by atoms with E-state index in [1.54, 1.807) is 14.2 Å². The molecule has 8 nitrogen and oxygen atoms in total. The average molecular weight is 346 g/mol. The van der Waals surface area contributed by atoms with E-state index in [4.69, 9.17) is 9.47 Å². The third-order valence-corrected chi connectivity index (χ3v) is 3.80. The van der Waals surface area contributed by atoms with Crippen LogP contribution in [0.15, 0.2) is 29.3 Å². The zero-order chi connectivity index (χ0) is 18.1. The molecule has 0 atom stereocenters. The summed E-state index contributed by atoms with van der Waals surface area (Å²) in [5.74, 6) is 3.22. The molecule has 0 aliphatic rings. The van der Waals surface area contributed by atoms with Gasteiger partial charge in [0.1, 0.15) is 11.6 Å². The minimum Gasteiger partial charge on any atom is -0.496 e. The highest BCUT2D eigenvalue weighted by Crippen LogP contribution is 2.17. The van der Waals surface area contributed by atoms with Gasteiger partial charge >= 0.3 is 0 Å². The van der Waals surface area contributed by atoms with Gasteiger partial charge in [-0.15, -0.1) is 10.2 Å². The fourth-order valence-electron chi connectivity index (χ4n) is 2.21. The first-order valence-corrected chi connectivity index (χ1v) is 8.13. The van der Waals surface area contributed by atoms with E-state index in [1.165, 1.54) is 0 Å². The number of nitrogens with one attached hydrogen (secondary N) is 2. The predicted molar refractivity (Wildman–Crippen MR) is 96.6 cm³/mol. The number of ether oxygens (including phenoxy) is 2. The summed E-state index contributed by atoms with van der Waals surface area (Å²) in [7, 11) is 5.27. The van der Waals surface area contributed by atoms with Gasteiger partial charge in [0.15, 0.2) is 11.8 Å². The van der Waals surface area contributed by atoms with Crippen molar-refractivity contribution in [3.8, 4) is 5.75 Å². The van der Waals surface area contributed by atoms with Crippen molar-refractivity contribution in [3.63, 3.8) is 0 Å². The van der Waals surface area contributed by atoms with Crippen LogP contribution in [0.3, 0.4) is 0 Å². The molecular formula is C17H26N6O2. The van der Waals surface area contributed by atoms with Crippen LogP contribution in [-0.4, -0.2) is 48.1 Å². The van der Waals surface area contributed by atoms with Crippen LogP contribution in [0.25, 0.3) is 0 Å². The van der Waals surface area contributed by atoms with Gasteiger partial charge in [-0.1, -0.05) is 18.2 Å². The van der Waals surface area contributed by atoms with Gasteiger partial charge in [0.05, 0.1) is 26.8 Å². The summed E-state index contributed by atoms with van der Waals surface area (Å²) in [6.45, 7) is 4.21. The fraction of sp³-hybridized carbons (Fsp3) is 0.471. The van der Waals surface area contributed by atoms with Gasteiger partial charge in [0, 0.05) is 26.3 Å². The van der Waals surface area contributed by atoms with Crippen molar-refractivity contribution < 1.29 is 9.47 Å². The van der Waals surface area contributed by atoms with Crippen LogP contribution in [0, 0.1) is 6.92 Å². The number of aromatic nitrogens is 3. The lowest BCUT2D eigenvalue weighted by molar-refractivity contribution is 0.203. The maximum atomic E-state index is 5.37. The summed E-state index contributed by atoms with van der Waals surface area (Å²) in [4.78, 5) is 4.63. The van der Waals surface area contributed by atoms with E-state index in [9.17, 15) is 0 Å². The van der Waals surface area contributed by atoms with E-state index in [-0.39, 0.29) is 0 Å². The summed E-state index contributed by atoms with van der Waals surface area (Å²) >= 11 is 0. The first kappa shape index (κ1) is 18.7. The monoisotopic (exact) mass is 346 g/mol. The van der Waals surface area contributed by atoms with Crippen molar-refractivity contribution in [3.05, 3.63) is 41.5 Å². The number of benzene rings is 1. The molecule has 8 heteroatoms. The summed E-state index contributed by atoms with van der Waals surface area (Å²) < 4.78 is 12.4. The van der Waals surface area contributed by atoms with Crippen molar-refractivity contribution in [1.82, 2.24) is 25.4 Å². The minimum atomic E-state index is 0.504. The number of aryl methyl sites for hydroxylation is 1. The van der Waals surface area contributed by atoms with Crippen LogP contribution in [0.4, 0.5) is 0 Å². The Balaban J connectivity index is 2.04. The highest BCUT2D eigenvalue weighted by atomic mass is 16.5. The molecule has 2 rings (SSSR count). The Hall–Kier alpha value is -2.61. The molecule has 0 amide bonds. The molecule has 0 aliphatic heterocycles. The second-order valence-corrected chi connectivity index (χ2v) is 5.47. The maximum Gasteiger partial charge on any atom is 0.192 e. The molecule has 0 saturated carbocycles. The highest BCUT2D eigenvalue weighted by Gasteiger charge is 2.07. The number of rotatable bonds is 8. The SMILES string of the molecule is COCCNC(=NCc1ccccc1OC)NCc1nnc(C)n1C. The van der Waals surface area contributed by atoms with Crippen LogP contribution in [-0.2, 0) is 24.9 Å². The van der Waals surface area contributed by atoms with Gasteiger partial charge in [0.2, 0.25) is 0 Å². The lowest BCUT2D eigenvalue weighted by Crippen LogP contribution is -2.39. The van der Waals surface area contributed by atoms with Crippen LogP contribution in [0.2, 0.25) is 0 Å². The minimum absolute atomic E-state index is 0.504. The van der Waals surface area contributed by atoms with Gasteiger partial charge in [-0.3, -0.25) is 0 Å². The van der Waals surface area contributed by atoms with Crippen molar-refractivity contribution in [2.24, 2.45) is 12.0 Å². The van der Waals surface area contributed by atoms with Crippen molar-refractivity contribution in [1.29, 1.82) is 0 Å². The third kappa shape index (κ3) is 5.46. The summed E-state index contributed by atoms with van der Waals surface area (Å²) in [6.07, 6.45) is 0. The van der Waals surface area contributed by atoms with Crippen molar-refractivity contribution in [2.75, 3.05) is 27.4 Å². The van der Waals surface area contributed by atoms with Crippen LogP contribution in [0.1, 0.15) is 17.2 Å². The first-order chi connectivity index (χ1) is 12.2. The summed E-state index contributed by atoms with van der Waals surface area (Å²) in [6, 6.07) is 7.85. The Bertz CT molecular complexity index is 698. The molecule has 1 heterocycles. The lowest BCUT2D eigenvalue weighted by Gasteiger charge is -2.13. The molecule has 2 N–H and O–H groups in total. The van der Waals surface area contributed by atoms with Gasteiger partial charge in [0.25, 0.3) is 0 Å². The molecule has 0 radical (unpaired) electrons. The van der Waals surface area contributed by atoms with E-state index in [1.807, 2.05) is 42.8 Å². The Kier molecular flexibility index (Phi) is 7.21. The quantitative estimate of drug-likeness (QED) is 0.422. The second-order valence-electron chi connectivity index (χ2n) is 5.47. The largest absolute Gasteiger partial charge is 0.496 e. The number of para-hydroxylation sites is 1. The molecule has 0 saturated heterocycles. The molecule has 2 aromatic rings. The van der Waals surface area contributed by atoms with Gasteiger partial charge in [-0.05, 0) is 13.0 Å². The average Bonchev–Trinajstić information content (AvgIpc) is 2.95. The highest BCUT2D eigenvalue weighted by molar-refractivity contribution is 5.79.